The molecule has 0 radical (unpaired) electrons. The highest BCUT2D eigenvalue weighted by atomic mass is 35.5. The van der Waals surface area contributed by atoms with Crippen molar-refractivity contribution in [1.82, 2.24) is 5.32 Å². The minimum absolute atomic E-state index is 0.217. The van der Waals surface area contributed by atoms with Crippen LogP contribution in [0.4, 0.5) is 13.2 Å². The van der Waals surface area contributed by atoms with Crippen LogP contribution in [0.3, 0.4) is 0 Å². The van der Waals surface area contributed by atoms with Gasteiger partial charge in [0.25, 0.3) is 0 Å². The van der Waals surface area contributed by atoms with Crippen LogP contribution in [0.2, 0.25) is 5.02 Å². The Balaban J connectivity index is 2.50. The maximum Gasteiger partial charge on any atom is 0.522 e. The summed E-state index contributed by atoms with van der Waals surface area (Å²) in [5, 5.41) is 3.58. The quantitative estimate of drug-likeness (QED) is 0.708. The fourth-order valence-corrected chi connectivity index (χ4v) is 1.77. The lowest BCUT2D eigenvalue weighted by atomic mass is 10.2. The van der Waals surface area contributed by atoms with Crippen LogP contribution in [0.15, 0.2) is 18.2 Å². The average Bonchev–Trinajstić information content (AvgIpc) is 2.41. The number of ether oxygens (including phenoxy) is 3. The Labute approximate surface area is 126 Å². The van der Waals surface area contributed by atoms with Crippen LogP contribution >= 0.6 is 11.6 Å². The van der Waals surface area contributed by atoms with Crippen LogP contribution in [-0.4, -0.2) is 39.8 Å². The number of rotatable bonds is 9. The minimum Gasteiger partial charge on any atom is -0.491 e. The van der Waals surface area contributed by atoms with Crippen molar-refractivity contribution < 1.29 is 27.4 Å². The van der Waals surface area contributed by atoms with E-state index in [0.29, 0.717) is 36.0 Å². The van der Waals surface area contributed by atoms with Gasteiger partial charge in [-0.15, -0.1) is 13.2 Å². The molecule has 1 N–H and O–H groups in total. The molecule has 0 bridgehead atoms. The summed E-state index contributed by atoms with van der Waals surface area (Å²) >= 11 is 6.07. The molecule has 1 aromatic carbocycles. The zero-order valence-electron chi connectivity index (χ0n) is 11.5. The highest BCUT2D eigenvalue weighted by Gasteiger charge is 2.28. The number of hydrogen-bond donors (Lipinski definition) is 1. The molecule has 8 heteroatoms. The van der Waals surface area contributed by atoms with Gasteiger partial charge in [-0.1, -0.05) is 17.7 Å². The van der Waals surface area contributed by atoms with Crippen LogP contribution in [-0.2, 0) is 16.0 Å². The Hall–Kier alpha value is -1.02. The lowest BCUT2D eigenvalue weighted by Gasteiger charge is -2.14. The van der Waals surface area contributed by atoms with Gasteiger partial charge in [-0.25, -0.2) is 0 Å². The molecule has 1 rings (SSSR count). The summed E-state index contributed by atoms with van der Waals surface area (Å²) in [5.41, 5.74) is 0.683. The maximum atomic E-state index is 11.8. The molecule has 4 nitrogen and oxygen atoms in total. The number of nitrogens with one attached hydrogen (secondary N) is 1. The molecular formula is C13H17ClF3NO3. The van der Waals surface area contributed by atoms with Gasteiger partial charge in [-0.05, 0) is 12.1 Å². The first-order chi connectivity index (χ1) is 9.94. The molecule has 0 aliphatic heterocycles. The first-order valence-corrected chi connectivity index (χ1v) is 6.62. The third kappa shape index (κ3) is 7.52. The molecule has 0 amide bonds. The average molecular weight is 328 g/mol. The van der Waals surface area contributed by atoms with Gasteiger partial charge in [0.05, 0.1) is 13.2 Å². The van der Waals surface area contributed by atoms with Crippen LogP contribution < -0.4 is 10.1 Å². The van der Waals surface area contributed by atoms with Crippen molar-refractivity contribution in [2.24, 2.45) is 0 Å². The molecule has 1 aromatic rings. The standard InChI is InChI=1S/C13H17ClF3NO3/c1-19-6-5-18-9-10-11(14)3-2-4-12(10)20-7-8-21-13(15,16)17/h2-4,18H,5-9H2,1H3. The molecule has 0 atom stereocenters. The van der Waals surface area contributed by atoms with Crippen LogP contribution in [0.1, 0.15) is 5.56 Å². The second kappa shape index (κ2) is 9.09. The summed E-state index contributed by atoms with van der Waals surface area (Å²) < 4.78 is 49.4. The second-order valence-corrected chi connectivity index (χ2v) is 4.44. The van der Waals surface area contributed by atoms with Crippen molar-refractivity contribution in [3.05, 3.63) is 28.8 Å². The SMILES string of the molecule is COCCNCc1c(Cl)cccc1OCCOC(F)(F)F. The highest BCUT2D eigenvalue weighted by Crippen LogP contribution is 2.26. The van der Waals surface area contributed by atoms with E-state index in [2.05, 4.69) is 10.1 Å². The molecular weight excluding hydrogens is 311 g/mol. The Morgan fingerprint density at radius 2 is 1.95 bits per heavy atom. The Morgan fingerprint density at radius 1 is 1.19 bits per heavy atom. The predicted octanol–water partition coefficient (Wildman–Crippen LogP) is 2.99. The van der Waals surface area contributed by atoms with Crippen LogP contribution in [0, 0.1) is 0 Å². The third-order valence-corrected chi connectivity index (χ3v) is 2.82. The normalized spacial score (nSPS) is 11.7. The number of benzene rings is 1. The van der Waals surface area contributed by atoms with Gasteiger partial charge in [0, 0.05) is 30.8 Å². The molecule has 0 heterocycles. The van der Waals surface area contributed by atoms with Gasteiger partial charge >= 0.3 is 6.36 Å². The van der Waals surface area contributed by atoms with Crippen LogP contribution in [0.25, 0.3) is 0 Å². The fraction of sp³-hybridized carbons (Fsp3) is 0.538. The molecule has 0 saturated carbocycles. The van der Waals surface area contributed by atoms with Gasteiger partial charge in [0.1, 0.15) is 12.4 Å². The summed E-state index contributed by atoms with van der Waals surface area (Å²) in [6.07, 6.45) is -4.65. The third-order valence-electron chi connectivity index (χ3n) is 2.47. The molecule has 120 valence electrons. The second-order valence-electron chi connectivity index (χ2n) is 4.03. The summed E-state index contributed by atoms with van der Waals surface area (Å²) in [4.78, 5) is 0. The van der Waals surface area contributed by atoms with Crippen molar-refractivity contribution in [2.75, 3.05) is 33.5 Å². The van der Waals surface area contributed by atoms with Crippen molar-refractivity contribution in [1.29, 1.82) is 0 Å². The van der Waals surface area contributed by atoms with E-state index in [-0.39, 0.29) is 6.61 Å². The minimum atomic E-state index is -4.65. The lowest BCUT2D eigenvalue weighted by Crippen LogP contribution is -2.20. The Kier molecular flexibility index (Phi) is 7.81. The molecule has 0 spiro atoms. The van der Waals surface area contributed by atoms with E-state index >= 15 is 0 Å². The topological polar surface area (TPSA) is 39.7 Å². The van der Waals surface area contributed by atoms with E-state index in [1.807, 2.05) is 0 Å². The number of alkyl halides is 3. The largest absolute Gasteiger partial charge is 0.522 e. The summed E-state index contributed by atoms with van der Waals surface area (Å²) in [6.45, 7) is 0.800. The molecule has 21 heavy (non-hydrogen) atoms. The Morgan fingerprint density at radius 3 is 2.62 bits per heavy atom. The predicted molar refractivity (Wildman–Crippen MR) is 72.5 cm³/mol. The zero-order chi connectivity index (χ0) is 15.7. The summed E-state index contributed by atoms with van der Waals surface area (Å²) in [6, 6.07) is 5.00. The van der Waals surface area contributed by atoms with Crippen LogP contribution in [0.5, 0.6) is 5.75 Å². The molecule has 0 unspecified atom stereocenters. The maximum absolute atomic E-state index is 11.8. The van der Waals surface area contributed by atoms with Crippen molar-refractivity contribution >= 4 is 11.6 Å². The van der Waals surface area contributed by atoms with Gasteiger partial charge in [0.15, 0.2) is 0 Å². The monoisotopic (exact) mass is 327 g/mol. The van der Waals surface area contributed by atoms with E-state index in [1.165, 1.54) is 0 Å². The van der Waals surface area contributed by atoms with E-state index in [4.69, 9.17) is 21.1 Å². The molecule has 0 saturated heterocycles. The zero-order valence-corrected chi connectivity index (χ0v) is 12.3. The van der Waals surface area contributed by atoms with Crippen molar-refractivity contribution in [3.63, 3.8) is 0 Å². The smallest absolute Gasteiger partial charge is 0.491 e. The van der Waals surface area contributed by atoms with E-state index in [1.54, 1.807) is 25.3 Å². The van der Waals surface area contributed by atoms with Gasteiger partial charge in [-0.2, -0.15) is 0 Å². The van der Waals surface area contributed by atoms with Crippen molar-refractivity contribution in [3.8, 4) is 5.75 Å². The Bertz CT molecular complexity index is 430. The number of methoxy groups -OCH3 is 1. The molecule has 0 aromatic heterocycles. The number of halogens is 4. The van der Waals surface area contributed by atoms with E-state index < -0.39 is 13.0 Å². The van der Waals surface area contributed by atoms with E-state index in [9.17, 15) is 13.2 Å². The number of hydrogen-bond acceptors (Lipinski definition) is 4. The molecule has 0 aliphatic carbocycles. The lowest BCUT2D eigenvalue weighted by molar-refractivity contribution is -0.325. The highest BCUT2D eigenvalue weighted by molar-refractivity contribution is 6.31. The first kappa shape index (κ1) is 18.0. The summed E-state index contributed by atoms with van der Waals surface area (Å²) in [7, 11) is 1.59. The van der Waals surface area contributed by atoms with Gasteiger partial charge in [-0.3, -0.25) is 4.74 Å². The van der Waals surface area contributed by atoms with E-state index in [0.717, 1.165) is 0 Å². The first-order valence-electron chi connectivity index (χ1n) is 6.24. The van der Waals surface area contributed by atoms with Gasteiger partial charge < -0.3 is 14.8 Å². The van der Waals surface area contributed by atoms with Crippen molar-refractivity contribution in [2.45, 2.75) is 12.9 Å². The summed E-state index contributed by atoms with van der Waals surface area (Å²) in [5.74, 6) is 0.429. The fourth-order valence-electron chi connectivity index (χ4n) is 1.54. The molecule has 0 aliphatic rings. The van der Waals surface area contributed by atoms with Gasteiger partial charge in [0.2, 0.25) is 0 Å². The molecule has 0 fully saturated rings.